The maximum atomic E-state index is 5.48. The van der Waals surface area contributed by atoms with Crippen molar-refractivity contribution in [2.45, 2.75) is 36.5 Å². The predicted molar refractivity (Wildman–Crippen MR) is 128 cm³/mol. The largest absolute Gasteiger partial charge is 0.358 e. The SMILES string of the molecule is CC1CCN(c2cc(Sc3ncccn3)nc(NC(=S)NCc3ccccc3)n2)CC1. The number of aromatic nitrogens is 4. The molecule has 2 aromatic heterocycles. The third-order valence-corrected chi connectivity index (χ3v) is 6.11. The fourth-order valence-electron chi connectivity index (χ4n) is 3.28. The van der Waals surface area contributed by atoms with Crippen LogP contribution in [0.3, 0.4) is 0 Å². The summed E-state index contributed by atoms with van der Waals surface area (Å²) >= 11 is 6.89. The van der Waals surface area contributed by atoms with Gasteiger partial charge in [0.1, 0.15) is 10.8 Å². The van der Waals surface area contributed by atoms with Crippen LogP contribution in [0.5, 0.6) is 0 Å². The zero-order valence-electron chi connectivity index (χ0n) is 17.4. The summed E-state index contributed by atoms with van der Waals surface area (Å²) in [7, 11) is 0. The summed E-state index contributed by atoms with van der Waals surface area (Å²) in [5, 5.41) is 8.28. The van der Waals surface area contributed by atoms with Crippen LogP contribution in [-0.2, 0) is 6.54 Å². The molecule has 0 saturated carbocycles. The number of rotatable bonds is 6. The number of nitrogens with one attached hydrogen (secondary N) is 2. The Morgan fingerprint density at radius 2 is 1.84 bits per heavy atom. The average molecular weight is 452 g/mol. The van der Waals surface area contributed by atoms with E-state index in [0.717, 1.165) is 48.3 Å². The van der Waals surface area contributed by atoms with Crippen LogP contribution in [0.2, 0.25) is 0 Å². The van der Waals surface area contributed by atoms with Gasteiger partial charge in [-0.2, -0.15) is 4.98 Å². The van der Waals surface area contributed by atoms with E-state index >= 15 is 0 Å². The average Bonchev–Trinajstić information content (AvgIpc) is 2.79. The lowest BCUT2D eigenvalue weighted by Crippen LogP contribution is -2.34. The van der Waals surface area contributed by atoms with E-state index in [4.69, 9.17) is 17.2 Å². The summed E-state index contributed by atoms with van der Waals surface area (Å²) in [6, 6.07) is 13.9. The number of hydrogen-bond acceptors (Lipinski definition) is 7. The second kappa shape index (κ2) is 10.5. The lowest BCUT2D eigenvalue weighted by atomic mass is 9.99. The molecule has 3 aromatic rings. The first-order valence-corrected chi connectivity index (χ1v) is 11.6. The molecular weight excluding hydrogens is 426 g/mol. The van der Waals surface area contributed by atoms with Gasteiger partial charge in [-0.15, -0.1) is 0 Å². The lowest BCUT2D eigenvalue weighted by molar-refractivity contribution is 0.436. The highest BCUT2D eigenvalue weighted by molar-refractivity contribution is 7.99. The Hall–Kier alpha value is -2.78. The van der Waals surface area contributed by atoms with Gasteiger partial charge in [0.2, 0.25) is 5.95 Å². The molecule has 160 valence electrons. The van der Waals surface area contributed by atoms with Gasteiger partial charge in [-0.25, -0.2) is 15.0 Å². The van der Waals surface area contributed by atoms with Crippen molar-refractivity contribution < 1.29 is 0 Å². The van der Waals surface area contributed by atoms with Gasteiger partial charge < -0.3 is 15.5 Å². The fourth-order valence-corrected chi connectivity index (χ4v) is 4.15. The molecule has 0 unspecified atom stereocenters. The molecule has 1 aromatic carbocycles. The molecule has 2 N–H and O–H groups in total. The molecule has 4 rings (SSSR count). The molecule has 3 heterocycles. The van der Waals surface area contributed by atoms with Crippen molar-refractivity contribution >= 4 is 40.9 Å². The van der Waals surface area contributed by atoms with Crippen molar-refractivity contribution in [2.75, 3.05) is 23.3 Å². The lowest BCUT2D eigenvalue weighted by Gasteiger charge is -2.31. The monoisotopic (exact) mass is 451 g/mol. The minimum absolute atomic E-state index is 0.472. The molecule has 1 aliphatic rings. The molecule has 0 aliphatic carbocycles. The Labute approximate surface area is 192 Å². The highest BCUT2D eigenvalue weighted by atomic mass is 32.2. The van der Waals surface area contributed by atoms with Crippen LogP contribution in [0.1, 0.15) is 25.3 Å². The topological polar surface area (TPSA) is 78.9 Å². The van der Waals surface area contributed by atoms with Crippen molar-refractivity contribution in [1.82, 2.24) is 25.3 Å². The number of nitrogens with zero attached hydrogens (tertiary/aromatic N) is 5. The Balaban J connectivity index is 1.50. The molecule has 1 aliphatic heterocycles. The molecule has 1 fully saturated rings. The third-order valence-electron chi connectivity index (χ3n) is 5.06. The van der Waals surface area contributed by atoms with Gasteiger partial charge in [0.25, 0.3) is 0 Å². The first kappa shape index (κ1) is 21.5. The van der Waals surface area contributed by atoms with Crippen molar-refractivity contribution in [1.29, 1.82) is 0 Å². The quantitative estimate of drug-likeness (QED) is 0.326. The number of hydrogen-bond donors (Lipinski definition) is 2. The maximum Gasteiger partial charge on any atom is 0.232 e. The molecule has 0 spiro atoms. The van der Waals surface area contributed by atoms with E-state index in [-0.39, 0.29) is 0 Å². The van der Waals surface area contributed by atoms with Crippen LogP contribution < -0.4 is 15.5 Å². The van der Waals surface area contributed by atoms with Crippen molar-refractivity contribution in [3.8, 4) is 0 Å². The molecule has 7 nitrogen and oxygen atoms in total. The smallest absolute Gasteiger partial charge is 0.232 e. The normalized spacial score (nSPS) is 14.3. The Bertz CT molecular complexity index is 993. The summed E-state index contributed by atoms with van der Waals surface area (Å²) in [5.74, 6) is 2.12. The Kier molecular flexibility index (Phi) is 7.26. The van der Waals surface area contributed by atoms with Crippen LogP contribution in [0.4, 0.5) is 11.8 Å². The second-order valence-corrected chi connectivity index (χ2v) is 8.88. The van der Waals surface area contributed by atoms with Gasteiger partial charge in [0.15, 0.2) is 10.3 Å². The van der Waals surface area contributed by atoms with Crippen molar-refractivity contribution in [3.05, 3.63) is 60.4 Å². The number of anilines is 2. The highest BCUT2D eigenvalue weighted by Gasteiger charge is 2.19. The van der Waals surface area contributed by atoms with Gasteiger partial charge >= 0.3 is 0 Å². The minimum atomic E-state index is 0.472. The molecular formula is C22H25N7S2. The zero-order valence-corrected chi connectivity index (χ0v) is 19.0. The molecule has 0 atom stereocenters. The molecule has 31 heavy (non-hydrogen) atoms. The number of piperidine rings is 1. The maximum absolute atomic E-state index is 5.48. The van der Waals surface area contributed by atoms with E-state index in [2.05, 4.69) is 49.5 Å². The summed E-state index contributed by atoms with van der Waals surface area (Å²) in [6.07, 6.45) is 5.78. The first-order chi connectivity index (χ1) is 15.2. The van der Waals surface area contributed by atoms with E-state index in [1.165, 1.54) is 11.8 Å². The van der Waals surface area contributed by atoms with Crippen LogP contribution in [0, 0.1) is 5.92 Å². The highest BCUT2D eigenvalue weighted by Crippen LogP contribution is 2.28. The molecule has 0 amide bonds. The van der Waals surface area contributed by atoms with Gasteiger partial charge in [-0.1, -0.05) is 37.3 Å². The van der Waals surface area contributed by atoms with Crippen molar-refractivity contribution in [3.63, 3.8) is 0 Å². The minimum Gasteiger partial charge on any atom is -0.358 e. The first-order valence-electron chi connectivity index (χ1n) is 10.3. The van der Waals surface area contributed by atoms with E-state index in [0.29, 0.717) is 22.8 Å². The molecule has 9 heteroatoms. The summed E-state index contributed by atoms with van der Waals surface area (Å²) in [5.41, 5.74) is 1.15. The van der Waals surface area contributed by atoms with Crippen LogP contribution in [0.15, 0.2) is 65.0 Å². The second-order valence-electron chi connectivity index (χ2n) is 7.48. The number of benzene rings is 1. The standard InChI is InChI=1S/C22H25N7S2/c1-16-8-12-29(13-9-16)18-14-19(31-22-23-10-5-11-24-22)27-20(26-18)28-21(30)25-15-17-6-3-2-4-7-17/h2-7,10-11,14,16H,8-9,12-13,15H2,1H3,(H2,25,26,27,28,30). The van der Waals surface area contributed by atoms with Gasteiger partial charge in [0, 0.05) is 38.1 Å². The molecule has 0 radical (unpaired) electrons. The summed E-state index contributed by atoms with van der Waals surface area (Å²) < 4.78 is 0. The Morgan fingerprint density at radius 1 is 1.10 bits per heavy atom. The van der Waals surface area contributed by atoms with Crippen LogP contribution >= 0.6 is 24.0 Å². The summed E-state index contributed by atoms with van der Waals surface area (Å²) in [4.78, 5) is 20.3. The van der Waals surface area contributed by atoms with E-state index in [1.54, 1.807) is 18.5 Å². The van der Waals surface area contributed by atoms with Crippen LogP contribution in [0.25, 0.3) is 0 Å². The molecule has 0 bridgehead atoms. The van der Waals surface area contributed by atoms with Gasteiger partial charge in [0.05, 0.1) is 0 Å². The van der Waals surface area contributed by atoms with Gasteiger partial charge in [-0.05, 0) is 54.4 Å². The zero-order chi connectivity index (χ0) is 21.5. The van der Waals surface area contributed by atoms with Crippen molar-refractivity contribution in [2.24, 2.45) is 5.92 Å². The fraction of sp³-hybridized carbons (Fsp3) is 0.318. The summed E-state index contributed by atoms with van der Waals surface area (Å²) in [6.45, 7) is 4.91. The number of thiocarbonyl (C=S) groups is 1. The third kappa shape index (κ3) is 6.35. The molecule has 1 saturated heterocycles. The van der Waals surface area contributed by atoms with Crippen LogP contribution in [-0.4, -0.2) is 38.1 Å². The van der Waals surface area contributed by atoms with Gasteiger partial charge in [-0.3, -0.25) is 0 Å². The predicted octanol–water partition coefficient (Wildman–Crippen LogP) is 4.14. The van der Waals surface area contributed by atoms with E-state index in [9.17, 15) is 0 Å². The Morgan fingerprint density at radius 3 is 2.58 bits per heavy atom. The van der Waals surface area contributed by atoms with E-state index < -0.39 is 0 Å². The van der Waals surface area contributed by atoms with E-state index in [1.807, 2.05) is 24.3 Å².